The fraction of sp³-hybridized carbons (Fsp3) is 0.750. The van der Waals surface area contributed by atoms with Gasteiger partial charge in [0, 0.05) is 6.04 Å². The van der Waals surface area contributed by atoms with E-state index in [9.17, 15) is 0 Å². The van der Waals surface area contributed by atoms with Crippen LogP contribution in [0.3, 0.4) is 0 Å². The van der Waals surface area contributed by atoms with Crippen molar-refractivity contribution in [3.63, 3.8) is 0 Å². The summed E-state index contributed by atoms with van der Waals surface area (Å²) in [4.78, 5) is 3.91. The first-order chi connectivity index (χ1) is 7.27. The first-order valence-electron chi connectivity index (χ1n) is 5.88. The number of aromatic nitrogens is 1. The van der Waals surface area contributed by atoms with Crippen LogP contribution in [-0.2, 0) is 6.54 Å². The van der Waals surface area contributed by atoms with E-state index in [1.54, 1.807) is 6.20 Å². The summed E-state index contributed by atoms with van der Waals surface area (Å²) in [6.45, 7) is 5.51. The predicted octanol–water partition coefficient (Wildman–Crippen LogP) is 2.59. The Morgan fingerprint density at radius 1 is 1.47 bits per heavy atom. The monoisotopic (exact) mass is 208 g/mol. The van der Waals surface area contributed by atoms with Gasteiger partial charge in [-0.15, -0.1) is 0 Å². The lowest BCUT2D eigenvalue weighted by molar-refractivity contribution is 0.203. The molecule has 3 unspecified atom stereocenters. The molecule has 1 aromatic rings. The summed E-state index contributed by atoms with van der Waals surface area (Å²) >= 11 is 0. The lowest BCUT2D eigenvalue weighted by Gasteiger charge is -2.34. The number of nitrogens with one attached hydrogen (secondary N) is 1. The third-order valence-electron chi connectivity index (χ3n) is 3.73. The zero-order valence-electron chi connectivity index (χ0n) is 9.57. The highest BCUT2D eigenvalue weighted by molar-refractivity contribution is 4.90. The summed E-state index contributed by atoms with van der Waals surface area (Å²) in [6.07, 6.45) is 7.29. The summed E-state index contributed by atoms with van der Waals surface area (Å²) in [6, 6.07) is 0.638. The molecule has 1 N–H and O–H groups in total. The Balaban J connectivity index is 1.83. The van der Waals surface area contributed by atoms with E-state index in [2.05, 4.69) is 24.1 Å². The van der Waals surface area contributed by atoms with Crippen LogP contribution in [0, 0.1) is 11.8 Å². The van der Waals surface area contributed by atoms with Gasteiger partial charge in [-0.2, -0.15) is 0 Å². The molecule has 0 bridgehead atoms. The molecule has 3 atom stereocenters. The van der Waals surface area contributed by atoms with Crippen LogP contribution in [0.2, 0.25) is 0 Å². The molecule has 1 aliphatic rings. The minimum absolute atomic E-state index is 0.638. The molecule has 15 heavy (non-hydrogen) atoms. The van der Waals surface area contributed by atoms with Gasteiger partial charge in [-0.1, -0.05) is 26.7 Å². The Kier molecular flexibility index (Phi) is 3.41. The Hall–Kier alpha value is -0.830. The minimum Gasteiger partial charge on any atom is -0.447 e. The molecule has 0 spiro atoms. The van der Waals surface area contributed by atoms with Gasteiger partial charge in [0.25, 0.3) is 0 Å². The van der Waals surface area contributed by atoms with Gasteiger partial charge in [0.15, 0.2) is 6.39 Å². The second kappa shape index (κ2) is 4.79. The molecule has 1 aliphatic carbocycles. The molecule has 3 nitrogen and oxygen atoms in total. The normalized spacial score (nSPS) is 31.7. The van der Waals surface area contributed by atoms with Crippen molar-refractivity contribution < 1.29 is 4.42 Å². The molecule has 0 amide bonds. The molecule has 1 heterocycles. The van der Waals surface area contributed by atoms with Crippen molar-refractivity contribution in [2.45, 2.75) is 45.7 Å². The maximum atomic E-state index is 5.21. The smallest absolute Gasteiger partial charge is 0.180 e. The Morgan fingerprint density at radius 3 is 3.07 bits per heavy atom. The minimum atomic E-state index is 0.638. The van der Waals surface area contributed by atoms with Crippen LogP contribution in [0.25, 0.3) is 0 Å². The number of nitrogens with zero attached hydrogens (tertiary/aromatic N) is 1. The zero-order chi connectivity index (χ0) is 10.7. The molecule has 0 aliphatic heterocycles. The van der Waals surface area contributed by atoms with Crippen LogP contribution < -0.4 is 5.32 Å². The van der Waals surface area contributed by atoms with E-state index in [4.69, 9.17) is 4.42 Å². The van der Waals surface area contributed by atoms with Crippen molar-refractivity contribution in [1.82, 2.24) is 10.3 Å². The standard InChI is InChI=1S/C12H20N2O/c1-9-4-3-5-12(10(9)2)14-7-11-6-13-8-15-11/h6,8-10,12,14H,3-5,7H2,1-2H3. The van der Waals surface area contributed by atoms with Gasteiger partial charge in [-0.05, 0) is 18.3 Å². The Bertz CT molecular complexity index is 284. The van der Waals surface area contributed by atoms with Crippen molar-refractivity contribution in [2.24, 2.45) is 11.8 Å². The quantitative estimate of drug-likeness (QED) is 0.829. The molecule has 84 valence electrons. The van der Waals surface area contributed by atoms with E-state index >= 15 is 0 Å². The molecule has 1 fully saturated rings. The third-order valence-corrected chi connectivity index (χ3v) is 3.73. The van der Waals surface area contributed by atoms with Crippen molar-refractivity contribution in [2.75, 3.05) is 0 Å². The number of hydrogen-bond donors (Lipinski definition) is 1. The SMILES string of the molecule is CC1CCCC(NCc2cnco2)C1C. The third kappa shape index (κ3) is 2.59. The maximum Gasteiger partial charge on any atom is 0.180 e. The molecule has 1 aromatic heterocycles. The molecular formula is C12H20N2O. The van der Waals surface area contributed by atoms with Crippen LogP contribution in [0.15, 0.2) is 17.0 Å². The Morgan fingerprint density at radius 2 is 2.33 bits per heavy atom. The van der Waals surface area contributed by atoms with Gasteiger partial charge >= 0.3 is 0 Å². The van der Waals surface area contributed by atoms with E-state index in [-0.39, 0.29) is 0 Å². The molecule has 0 saturated heterocycles. The van der Waals surface area contributed by atoms with Crippen LogP contribution in [0.4, 0.5) is 0 Å². The van der Waals surface area contributed by atoms with Crippen LogP contribution in [-0.4, -0.2) is 11.0 Å². The molecule has 0 aromatic carbocycles. The number of oxazole rings is 1. The van der Waals surface area contributed by atoms with Crippen LogP contribution in [0.1, 0.15) is 38.9 Å². The summed E-state index contributed by atoms with van der Waals surface area (Å²) in [7, 11) is 0. The largest absolute Gasteiger partial charge is 0.447 e. The van der Waals surface area contributed by atoms with Crippen LogP contribution >= 0.6 is 0 Å². The first kappa shape index (κ1) is 10.7. The van der Waals surface area contributed by atoms with E-state index in [0.29, 0.717) is 6.04 Å². The summed E-state index contributed by atoms with van der Waals surface area (Å²) < 4.78 is 5.21. The number of rotatable bonds is 3. The lowest BCUT2D eigenvalue weighted by Crippen LogP contribution is -2.40. The van der Waals surface area contributed by atoms with Crippen molar-refractivity contribution in [3.8, 4) is 0 Å². The van der Waals surface area contributed by atoms with E-state index in [1.165, 1.54) is 25.7 Å². The second-order valence-electron chi connectivity index (χ2n) is 4.72. The van der Waals surface area contributed by atoms with Crippen molar-refractivity contribution in [3.05, 3.63) is 18.4 Å². The lowest BCUT2D eigenvalue weighted by atomic mass is 9.78. The predicted molar refractivity (Wildman–Crippen MR) is 59.3 cm³/mol. The van der Waals surface area contributed by atoms with Gasteiger partial charge in [0.05, 0.1) is 12.7 Å². The average Bonchev–Trinajstić information content (AvgIpc) is 2.73. The van der Waals surface area contributed by atoms with Gasteiger partial charge < -0.3 is 9.73 Å². The highest BCUT2D eigenvalue weighted by Crippen LogP contribution is 2.29. The molecule has 1 saturated carbocycles. The highest BCUT2D eigenvalue weighted by atomic mass is 16.3. The molecule has 0 radical (unpaired) electrons. The van der Waals surface area contributed by atoms with Crippen molar-refractivity contribution in [1.29, 1.82) is 0 Å². The summed E-state index contributed by atoms with van der Waals surface area (Å²) in [5.41, 5.74) is 0. The van der Waals surface area contributed by atoms with E-state index in [1.807, 2.05) is 0 Å². The van der Waals surface area contributed by atoms with Crippen LogP contribution in [0.5, 0.6) is 0 Å². The molecule has 2 rings (SSSR count). The molecular weight excluding hydrogens is 188 g/mol. The summed E-state index contributed by atoms with van der Waals surface area (Å²) in [5.74, 6) is 2.54. The number of hydrogen-bond acceptors (Lipinski definition) is 3. The van der Waals surface area contributed by atoms with Gasteiger partial charge in [-0.3, -0.25) is 0 Å². The first-order valence-corrected chi connectivity index (χ1v) is 5.88. The topological polar surface area (TPSA) is 38.1 Å². The maximum absolute atomic E-state index is 5.21. The van der Waals surface area contributed by atoms with Crippen molar-refractivity contribution >= 4 is 0 Å². The highest BCUT2D eigenvalue weighted by Gasteiger charge is 2.26. The van der Waals surface area contributed by atoms with Gasteiger partial charge in [0.1, 0.15) is 5.76 Å². The Labute approximate surface area is 91.3 Å². The van der Waals surface area contributed by atoms with Gasteiger partial charge in [-0.25, -0.2) is 4.98 Å². The van der Waals surface area contributed by atoms with E-state index < -0.39 is 0 Å². The van der Waals surface area contributed by atoms with Gasteiger partial charge in [0.2, 0.25) is 0 Å². The second-order valence-corrected chi connectivity index (χ2v) is 4.72. The fourth-order valence-corrected chi connectivity index (χ4v) is 2.43. The van der Waals surface area contributed by atoms with E-state index in [0.717, 1.165) is 24.1 Å². The molecule has 3 heteroatoms. The zero-order valence-corrected chi connectivity index (χ0v) is 9.57. The fourth-order valence-electron chi connectivity index (χ4n) is 2.43. The summed E-state index contributed by atoms with van der Waals surface area (Å²) in [5, 5.41) is 3.57. The average molecular weight is 208 g/mol.